The standard InChI is InChI=1S/C32H36F2O2/c1-3-5-6-7-23-8-12-25(13-9-23)27-16-18-28(19-17-27)26-14-10-24(11-15-26)22-36-30-21-20-29(35-4-2)31(33)32(30)34/h3,5,8-9,12-13,16-21,24,26H,4,6-7,10-11,14-15,22H2,1-2H3/b5-3+. The van der Waals surface area contributed by atoms with Gasteiger partial charge in [0.25, 0.3) is 0 Å². The van der Waals surface area contributed by atoms with Gasteiger partial charge in [-0.3, -0.25) is 0 Å². The fraction of sp³-hybridized carbons (Fsp3) is 0.375. The lowest BCUT2D eigenvalue weighted by molar-refractivity contribution is 0.191. The van der Waals surface area contributed by atoms with Gasteiger partial charge in [0.1, 0.15) is 0 Å². The summed E-state index contributed by atoms with van der Waals surface area (Å²) in [5.41, 5.74) is 5.23. The molecule has 0 amide bonds. The van der Waals surface area contributed by atoms with Gasteiger partial charge in [-0.2, -0.15) is 8.78 Å². The zero-order valence-electron chi connectivity index (χ0n) is 21.3. The summed E-state index contributed by atoms with van der Waals surface area (Å²) in [6.07, 6.45) is 10.6. The minimum absolute atomic E-state index is 0.0421. The molecule has 0 aromatic heterocycles. The normalized spacial score (nSPS) is 17.9. The number of aryl methyl sites for hydroxylation is 1. The Balaban J connectivity index is 1.27. The van der Waals surface area contributed by atoms with E-state index in [0.29, 0.717) is 18.4 Å². The molecule has 0 spiro atoms. The van der Waals surface area contributed by atoms with Crippen LogP contribution in [0.2, 0.25) is 0 Å². The summed E-state index contributed by atoms with van der Waals surface area (Å²) in [6.45, 7) is 4.48. The van der Waals surface area contributed by atoms with Crippen molar-refractivity contribution in [2.75, 3.05) is 13.2 Å². The topological polar surface area (TPSA) is 18.5 Å². The summed E-state index contributed by atoms with van der Waals surface area (Å²) >= 11 is 0. The zero-order valence-corrected chi connectivity index (χ0v) is 21.3. The molecule has 3 aromatic rings. The lowest BCUT2D eigenvalue weighted by atomic mass is 9.79. The average Bonchev–Trinajstić information content (AvgIpc) is 2.92. The van der Waals surface area contributed by atoms with E-state index in [1.165, 1.54) is 34.4 Å². The first kappa shape index (κ1) is 25.9. The number of halogens is 2. The van der Waals surface area contributed by atoms with Crippen molar-refractivity contribution >= 4 is 0 Å². The summed E-state index contributed by atoms with van der Waals surface area (Å²) < 4.78 is 39.1. The third kappa shape index (κ3) is 6.54. The van der Waals surface area contributed by atoms with Gasteiger partial charge in [-0.1, -0.05) is 60.7 Å². The number of ether oxygens (including phenoxy) is 2. The van der Waals surface area contributed by atoms with E-state index in [2.05, 4.69) is 67.6 Å². The molecule has 0 radical (unpaired) electrons. The van der Waals surface area contributed by atoms with Crippen LogP contribution in [-0.2, 0) is 6.42 Å². The molecule has 0 atom stereocenters. The monoisotopic (exact) mass is 490 g/mol. The molecule has 4 rings (SSSR count). The second-order valence-electron chi connectivity index (χ2n) is 9.58. The molecule has 0 heterocycles. The van der Waals surface area contributed by atoms with Crippen LogP contribution < -0.4 is 9.47 Å². The molecular formula is C32H36F2O2. The fourth-order valence-corrected chi connectivity index (χ4v) is 4.99. The highest BCUT2D eigenvalue weighted by Gasteiger charge is 2.24. The average molecular weight is 491 g/mol. The van der Waals surface area contributed by atoms with Crippen LogP contribution in [0.4, 0.5) is 8.78 Å². The first-order valence-corrected chi connectivity index (χ1v) is 13.1. The Kier molecular flexibility index (Phi) is 9.16. The smallest absolute Gasteiger partial charge is 0.204 e. The number of rotatable bonds is 10. The number of benzene rings is 3. The van der Waals surface area contributed by atoms with Crippen LogP contribution in [0.15, 0.2) is 72.8 Å². The van der Waals surface area contributed by atoms with Gasteiger partial charge in [0, 0.05) is 0 Å². The van der Waals surface area contributed by atoms with Gasteiger partial charge in [-0.05, 0) is 98.6 Å². The van der Waals surface area contributed by atoms with Crippen molar-refractivity contribution in [1.29, 1.82) is 0 Å². The van der Waals surface area contributed by atoms with Gasteiger partial charge < -0.3 is 9.47 Å². The van der Waals surface area contributed by atoms with E-state index in [4.69, 9.17) is 9.47 Å². The summed E-state index contributed by atoms with van der Waals surface area (Å²) in [5, 5.41) is 0. The quantitative estimate of drug-likeness (QED) is 0.264. The second-order valence-corrected chi connectivity index (χ2v) is 9.58. The molecule has 0 saturated heterocycles. The molecule has 0 unspecified atom stereocenters. The molecule has 4 heteroatoms. The van der Waals surface area contributed by atoms with E-state index in [1.807, 2.05) is 0 Å². The second kappa shape index (κ2) is 12.7. The van der Waals surface area contributed by atoms with Crippen LogP contribution in [0, 0.1) is 17.6 Å². The van der Waals surface area contributed by atoms with Crippen LogP contribution >= 0.6 is 0 Å². The Labute approximate surface area is 214 Å². The van der Waals surface area contributed by atoms with Gasteiger partial charge in [-0.15, -0.1) is 0 Å². The molecule has 36 heavy (non-hydrogen) atoms. The van der Waals surface area contributed by atoms with Crippen molar-refractivity contribution in [3.05, 3.63) is 95.6 Å². The van der Waals surface area contributed by atoms with Crippen molar-refractivity contribution < 1.29 is 18.3 Å². The molecule has 1 aliphatic rings. The minimum Gasteiger partial charge on any atom is -0.491 e. The maximum Gasteiger partial charge on any atom is 0.204 e. The first-order chi connectivity index (χ1) is 17.6. The summed E-state index contributed by atoms with van der Waals surface area (Å²) in [7, 11) is 0. The van der Waals surface area contributed by atoms with Crippen molar-refractivity contribution in [3.63, 3.8) is 0 Å². The van der Waals surface area contributed by atoms with Crippen LogP contribution in [0.1, 0.15) is 63.0 Å². The van der Waals surface area contributed by atoms with Crippen LogP contribution in [0.25, 0.3) is 11.1 Å². The van der Waals surface area contributed by atoms with Gasteiger partial charge >= 0.3 is 0 Å². The largest absolute Gasteiger partial charge is 0.491 e. The van der Waals surface area contributed by atoms with E-state index < -0.39 is 11.6 Å². The molecule has 2 nitrogen and oxygen atoms in total. The third-order valence-electron chi connectivity index (χ3n) is 7.14. The lowest BCUT2D eigenvalue weighted by Crippen LogP contribution is -2.19. The Bertz CT molecular complexity index is 1130. The van der Waals surface area contributed by atoms with Crippen molar-refractivity contribution in [2.24, 2.45) is 5.92 Å². The summed E-state index contributed by atoms with van der Waals surface area (Å²) in [4.78, 5) is 0. The van der Waals surface area contributed by atoms with Gasteiger partial charge in [0.05, 0.1) is 13.2 Å². The fourth-order valence-electron chi connectivity index (χ4n) is 4.99. The number of allylic oxidation sites excluding steroid dienone is 2. The Morgan fingerprint density at radius 1 is 0.778 bits per heavy atom. The Hall–Kier alpha value is -3.14. The predicted molar refractivity (Wildman–Crippen MR) is 143 cm³/mol. The molecule has 0 aliphatic heterocycles. The first-order valence-electron chi connectivity index (χ1n) is 13.1. The molecule has 0 N–H and O–H groups in total. The Morgan fingerprint density at radius 2 is 1.36 bits per heavy atom. The number of hydrogen-bond acceptors (Lipinski definition) is 2. The van der Waals surface area contributed by atoms with Crippen LogP contribution in [0.5, 0.6) is 11.5 Å². The minimum atomic E-state index is -0.984. The maximum atomic E-state index is 14.3. The maximum absolute atomic E-state index is 14.3. The predicted octanol–water partition coefficient (Wildman–Crippen LogP) is 8.89. The van der Waals surface area contributed by atoms with Crippen LogP contribution in [-0.4, -0.2) is 13.2 Å². The van der Waals surface area contributed by atoms with Crippen LogP contribution in [0.3, 0.4) is 0 Å². The summed E-state index contributed by atoms with van der Waals surface area (Å²) in [6, 6.07) is 20.7. The Morgan fingerprint density at radius 3 is 1.94 bits per heavy atom. The van der Waals surface area contributed by atoms with E-state index in [0.717, 1.165) is 38.5 Å². The molecular weight excluding hydrogens is 454 g/mol. The molecule has 3 aromatic carbocycles. The third-order valence-corrected chi connectivity index (χ3v) is 7.14. The number of hydrogen-bond donors (Lipinski definition) is 0. The van der Waals surface area contributed by atoms with Gasteiger partial charge in [-0.25, -0.2) is 0 Å². The van der Waals surface area contributed by atoms with E-state index in [9.17, 15) is 8.78 Å². The lowest BCUT2D eigenvalue weighted by Gasteiger charge is -2.29. The van der Waals surface area contributed by atoms with E-state index in [-0.39, 0.29) is 18.1 Å². The molecule has 0 bridgehead atoms. The highest BCUT2D eigenvalue weighted by atomic mass is 19.2. The molecule has 1 fully saturated rings. The highest BCUT2D eigenvalue weighted by Crippen LogP contribution is 2.37. The van der Waals surface area contributed by atoms with Crippen molar-refractivity contribution in [2.45, 2.75) is 58.3 Å². The van der Waals surface area contributed by atoms with Gasteiger partial charge in [0.15, 0.2) is 11.5 Å². The van der Waals surface area contributed by atoms with E-state index >= 15 is 0 Å². The van der Waals surface area contributed by atoms with Gasteiger partial charge in [0.2, 0.25) is 11.6 Å². The highest BCUT2D eigenvalue weighted by molar-refractivity contribution is 5.64. The molecule has 1 aliphatic carbocycles. The van der Waals surface area contributed by atoms with E-state index in [1.54, 1.807) is 6.92 Å². The summed E-state index contributed by atoms with van der Waals surface area (Å²) in [5.74, 6) is -1.20. The molecule has 1 saturated carbocycles. The molecule has 190 valence electrons. The van der Waals surface area contributed by atoms with Crippen molar-refractivity contribution in [3.8, 4) is 22.6 Å². The zero-order chi connectivity index (χ0) is 25.3. The van der Waals surface area contributed by atoms with Crippen molar-refractivity contribution in [1.82, 2.24) is 0 Å². The SMILES string of the molecule is C/C=C/CCc1ccc(-c2ccc(C3CCC(COc4ccc(OCC)c(F)c4F)CC3)cc2)cc1.